The van der Waals surface area contributed by atoms with E-state index in [0.717, 1.165) is 17.2 Å². The first-order valence-electron chi connectivity index (χ1n) is 7.04. The van der Waals surface area contributed by atoms with Gasteiger partial charge in [-0.3, -0.25) is 4.79 Å². The van der Waals surface area contributed by atoms with Crippen LogP contribution in [0.2, 0.25) is 0 Å². The van der Waals surface area contributed by atoms with Crippen LogP contribution in [0.3, 0.4) is 0 Å². The fourth-order valence-corrected chi connectivity index (χ4v) is 2.97. The average Bonchev–Trinajstić information content (AvgIpc) is 3.19. The first kappa shape index (κ1) is 15.3. The molecule has 0 bridgehead atoms. The summed E-state index contributed by atoms with van der Waals surface area (Å²) in [5.41, 5.74) is 0.718. The molecule has 2 N–H and O–H groups in total. The molecule has 2 heterocycles. The lowest BCUT2D eigenvalue weighted by molar-refractivity contribution is -0.116. The maximum Gasteiger partial charge on any atom is 0.260 e. The summed E-state index contributed by atoms with van der Waals surface area (Å²) >= 11 is 1.44. The lowest BCUT2D eigenvalue weighted by atomic mass is 10.3. The number of thioether (sulfide) groups is 1. The fraction of sp³-hybridized carbons (Fsp3) is 0.118. The smallest absolute Gasteiger partial charge is 0.260 e. The normalized spacial score (nSPS) is 19.3. The topological polar surface area (TPSA) is 63.5 Å². The number of allylic oxidation sites excluding steroid dienone is 2. The zero-order valence-corrected chi connectivity index (χ0v) is 13.3. The molecular formula is C17H16N2O3S. The third-order valence-electron chi connectivity index (χ3n) is 3.17. The van der Waals surface area contributed by atoms with Crippen molar-refractivity contribution < 1.29 is 13.9 Å². The molecule has 0 aliphatic carbocycles. The molecule has 118 valence electrons. The van der Waals surface area contributed by atoms with E-state index >= 15 is 0 Å². The van der Waals surface area contributed by atoms with Crippen molar-refractivity contribution in [2.45, 2.75) is 5.50 Å². The molecule has 0 saturated carbocycles. The SMILES string of the molecule is COc1ccc(N[C@@H]2NC(=O)/C(=C\C=C\c3ccco3)S2)cc1. The average molecular weight is 328 g/mol. The molecule has 1 aliphatic heterocycles. The van der Waals surface area contributed by atoms with Crippen molar-refractivity contribution in [3.8, 4) is 5.75 Å². The van der Waals surface area contributed by atoms with Gasteiger partial charge in [-0.25, -0.2) is 0 Å². The Labute approximate surface area is 138 Å². The second-order valence-electron chi connectivity index (χ2n) is 4.75. The van der Waals surface area contributed by atoms with E-state index in [1.54, 1.807) is 25.5 Å². The summed E-state index contributed by atoms with van der Waals surface area (Å²) in [6.45, 7) is 0. The van der Waals surface area contributed by atoms with Crippen molar-refractivity contribution in [3.63, 3.8) is 0 Å². The molecule has 3 rings (SSSR count). The number of anilines is 1. The van der Waals surface area contributed by atoms with Gasteiger partial charge in [0.2, 0.25) is 0 Å². The minimum Gasteiger partial charge on any atom is -0.497 e. The highest BCUT2D eigenvalue weighted by Crippen LogP contribution is 2.29. The van der Waals surface area contributed by atoms with Gasteiger partial charge in [-0.15, -0.1) is 0 Å². The number of hydrogen-bond acceptors (Lipinski definition) is 5. The van der Waals surface area contributed by atoms with E-state index in [0.29, 0.717) is 4.91 Å². The molecule has 1 atom stereocenters. The molecule has 0 spiro atoms. The first-order valence-corrected chi connectivity index (χ1v) is 7.92. The van der Waals surface area contributed by atoms with Gasteiger partial charge in [0.25, 0.3) is 5.91 Å². The number of ether oxygens (including phenoxy) is 1. The Balaban J connectivity index is 1.60. The van der Waals surface area contributed by atoms with Crippen LogP contribution in [0, 0.1) is 0 Å². The van der Waals surface area contributed by atoms with E-state index in [1.807, 2.05) is 42.5 Å². The standard InChI is InChI=1S/C17H16N2O3S/c1-21-13-9-7-12(8-10-13)18-17-19-16(20)15(23-17)6-2-4-14-5-3-11-22-14/h2-11,17-18H,1H3,(H,19,20)/b4-2+,15-6+/t17-/m1/s1. The quantitative estimate of drug-likeness (QED) is 0.823. The summed E-state index contributed by atoms with van der Waals surface area (Å²) in [7, 11) is 1.63. The molecule has 1 aromatic heterocycles. The molecule has 0 unspecified atom stereocenters. The Hall–Kier alpha value is -2.60. The highest BCUT2D eigenvalue weighted by Gasteiger charge is 2.26. The fourth-order valence-electron chi connectivity index (χ4n) is 2.04. The van der Waals surface area contributed by atoms with Crippen LogP contribution in [0.15, 0.2) is 64.1 Å². The number of amides is 1. The molecule has 1 aromatic carbocycles. The number of methoxy groups -OCH3 is 1. The largest absolute Gasteiger partial charge is 0.497 e. The third-order valence-corrected chi connectivity index (χ3v) is 4.22. The molecule has 2 aromatic rings. The summed E-state index contributed by atoms with van der Waals surface area (Å²) in [6.07, 6.45) is 7.00. The Morgan fingerprint density at radius 2 is 2.13 bits per heavy atom. The zero-order chi connectivity index (χ0) is 16.1. The second kappa shape index (κ2) is 7.11. The lowest BCUT2D eigenvalue weighted by Gasteiger charge is -2.12. The van der Waals surface area contributed by atoms with Crippen molar-refractivity contribution in [1.29, 1.82) is 0 Å². The highest BCUT2D eigenvalue weighted by atomic mass is 32.2. The van der Waals surface area contributed by atoms with Crippen molar-refractivity contribution in [3.05, 3.63) is 65.5 Å². The van der Waals surface area contributed by atoms with Gasteiger partial charge in [0.05, 0.1) is 18.3 Å². The predicted molar refractivity (Wildman–Crippen MR) is 92.0 cm³/mol. The van der Waals surface area contributed by atoms with Gasteiger partial charge in [0.15, 0.2) is 5.50 Å². The summed E-state index contributed by atoms with van der Waals surface area (Å²) in [6, 6.07) is 11.2. The van der Waals surface area contributed by atoms with Crippen LogP contribution < -0.4 is 15.4 Å². The van der Waals surface area contributed by atoms with Crippen LogP contribution in [0.5, 0.6) is 5.75 Å². The van der Waals surface area contributed by atoms with E-state index in [4.69, 9.17) is 9.15 Å². The zero-order valence-electron chi connectivity index (χ0n) is 12.5. The lowest BCUT2D eigenvalue weighted by Crippen LogP contribution is -2.30. The molecule has 1 aliphatic rings. The van der Waals surface area contributed by atoms with Gasteiger partial charge in [-0.1, -0.05) is 17.8 Å². The second-order valence-corrected chi connectivity index (χ2v) is 5.90. The van der Waals surface area contributed by atoms with E-state index in [-0.39, 0.29) is 11.4 Å². The Morgan fingerprint density at radius 1 is 1.30 bits per heavy atom. The number of benzene rings is 1. The molecule has 1 fully saturated rings. The van der Waals surface area contributed by atoms with Gasteiger partial charge in [0.1, 0.15) is 11.5 Å². The predicted octanol–water partition coefficient (Wildman–Crippen LogP) is 3.44. The van der Waals surface area contributed by atoms with Gasteiger partial charge in [0, 0.05) is 5.69 Å². The van der Waals surface area contributed by atoms with Crippen LogP contribution in [0.1, 0.15) is 5.76 Å². The van der Waals surface area contributed by atoms with Gasteiger partial charge >= 0.3 is 0 Å². The van der Waals surface area contributed by atoms with E-state index in [2.05, 4.69) is 10.6 Å². The number of carbonyl (C=O) groups excluding carboxylic acids is 1. The Morgan fingerprint density at radius 3 is 2.83 bits per heavy atom. The monoisotopic (exact) mass is 328 g/mol. The summed E-state index contributed by atoms with van der Waals surface area (Å²) < 4.78 is 10.3. The molecule has 6 heteroatoms. The van der Waals surface area contributed by atoms with E-state index in [1.165, 1.54) is 11.8 Å². The minimum absolute atomic E-state index is 0.0925. The third kappa shape index (κ3) is 3.98. The van der Waals surface area contributed by atoms with Crippen LogP contribution in [0.4, 0.5) is 5.69 Å². The van der Waals surface area contributed by atoms with Gasteiger partial charge in [-0.05, 0) is 48.6 Å². The molecule has 0 radical (unpaired) electrons. The molecule has 1 amide bonds. The van der Waals surface area contributed by atoms with Crippen molar-refractivity contribution >= 4 is 29.4 Å². The summed E-state index contributed by atoms with van der Waals surface area (Å²) in [4.78, 5) is 12.6. The number of nitrogens with one attached hydrogen (secondary N) is 2. The molecule has 23 heavy (non-hydrogen) atoms. The number of rotatable bonds is 5. The minimum atomic E-state index is -0.195. The van der Waals surface area contributed by atoms with Crippen LogP contribution in [0.25, 0.3) is 6.08 Å². The van der Waals surface area contributed by atoms with Crippen LogP contribution in [-0.4, -0.2) is 18.5 Å². The van der Waals surface area contributed by atoms with Gasteiger partial charge < -0.3 is 19.8 Å². The van der Waals surface area contributed by atoms with Gasteiger partial charge in [-0.2, -0.15) is 0 Å². The Bertz CT molecular complexity index is 721. The van der Waals surface area contributed by atoms with Crippen LogP contribution in [-0.2, 0) is 4.79 Å². The maximum atomic E-state index is 12.0. The van der Waals surface area contributed by atoms with E-state index < -0.39 is 0 Å². The first-order chi connectivity index (χ1) is 11.2. The van der Waals surface area contributed by atoms with Crippen molar-refractivity contribution in [2.24, 2.45) is 0 Å². The Kier molecular flexibility index (Phi) is 4.73. The van der Waals surface area contributed by atoms with Crippen LogP contribution >= 0.6 is 11.8 Å². The molecule has 5 nitrogen and oxygen atoms in total. The van der Waals surface area contributed by atoms with Crippen molar-refractivity contribution in [2.75, 3.05) is 12.4 Å². The molecule has 1 saturated heterocycles. The van der Waals surface area contributed by atoms with Crippen molar-refractivity contribution in [1.82, 2.24) is 5.32 Å². The maximum absolute atomic E-state index is 12.0. The molecular weight excluding hydrogens is 312 g/mol. The number of carbonyl (C=O) groups is 1. The summed E-state index contributed by atoms with van der Waals surface area (Å²) in [5.74, 6) is 1.45. The number of hydrogen-bond donors (Lipinski definition) is 2. The summed E-state index contributed by atoms with van der Waals surface area (Å²) in [5, 5.41) is 6.13. The van der Waals surface area contributed by atoms with E-state index in [9.17, 15) is 4.79 Å². The number of furan rings is 1. The highest BCUT2D eigenvalue weighted by molar-refractivity contribution is 8.05.